The van der Waals surface area contributed by atoms with E-state index in [1.807, 2.05) is 6.07 Å². The maximum absolute atomic E-state index is 4.76. The highest BCUT2D eigenvalue weighted by molar-refractivity contribution is 7.98. The fourth-order valence-corrected chi connectivity index (χ4v) is 4.76. The molecule has 3 aromatic heterocycles. The number of hydrogen-bond donors (Lipinski definition) is 0. The van der Waals surface area contributed by atoms with E-state index in [1.54, 1.807) is 23.1 Å². The van der Waals surface area contributed by atoms with E-state index in [4.69, 9.17) is 4.98 Å². The van der Waals surface area contributed by atoms with Crippen LogP contribution in [0, 0.1) is 0 Å². The van der Waals surface area contributed by atoms with E-state index >= 15 is 0 Å². The number of imidazole rings is 1. The highest BCUT2D eigenvalue weighted by atomic mass is 32.2. The molecule has 3 heterocycles. The number of benzene rings is 1. The van der Waals surface area contributed by atoms with Gasteiger partial charge in [0.1, 0.15) is 5.82 Å². The Balaban J connectivity index is 1.45. The van der Waals surface area contributed by atoms with Crippen molar-refractivity contribution in [2.75, 3.05) is 0 Å². The fourth-order valence-electron chi connectivity index (χ4n) is 3.06. The second-order valence-electron chi connectivity index (χ2n) is 6.25. The molecule has 0 unspecified atom stereocenters. The lowest BCUT2D eigenvalue weighted by molar-refractivity contribution is 0.669. The van der Waals surface area contributed by atoms with Crippen molar-refractivity contribution in [3.8, 4) is 10.7 Å². The summed E-state index contributed by atoms with van der Waals surface area (Å²) in [6.45, 7) is 0. The topological polar surface area (TPSA) is 48.5 Å². The molecular weight excluding hydrogens is 350 g/mol. The van der Waals surface area contributed by atoms with E-state index < -0.39 is 0 Å². The van der Waals surface area contributed by atoms with Crippen LogP contribution >= 0.6 is 23.1 Å². The van der Waals surface area contributed by atoms with Crippen LogP contribution in [-0.4, -0.2) is 24.3 Å². The van der Waals surface area contributed by atoms with Crippen LogP contribution in [0.2, 0.25) is 0 Å². The molecule has 1 aromatic carbocycles. The molecule has 1 fully saturated rings. The Morgan fingerprint density at radius 3 is 2.80 bits per heavy atom. The van der Waals surface area contributed by atoms with Crippen molar-refractivity contribution in [2.45, 2.75) is 29.8 Å². The number of thiophene rings is 1. The summed E-state index contributed by atoms with van der Waals surface area (Å²) in [6, 6.07) is 13.0. The smallest absolute Gasteiger partial charge is 0.192 e. The van der Waals surface area contributed by atoms with E-state index in [1.165, 1.54) is 23.2 Å². The van der Waals surface area contributed by atoms with E-state index in [2.05, 4.69) is 62.1 Å². The van der Waals surface area contributed by atoms with E-state index in [-0.39, 0.29) is 0 Å². The van der Waals surface area contributed by atoms with Crippen LogP contribution < -0.4 is 0 Å². The van der Waals surface area contributed by atoms with Crippen molar-refractivity contribution in [3.05, 3.63) is 47.6 Å². The zero-order valence-corrected chi connectivity index (χ0v) is 15.4. The highest BCUT2D eigenvalue weighted by Crippen LogP contribution is 2.42. The van der Waals surface area contributed by atoms with Crippen LogP contribution in [0.3, 0.4) is 0 Å². The van der Waals surface area contributed by atoms with Gasteiger partial charge in [0.25, 0.3) is 0 Å². The minimum absolute atomic E-state index is 0.551. The molecule has 5 nitrogen and oxygen atoms in total. The van der Waals surface area contributed by atoms with Gasteiger partial charge in [0.15, 0.2) is 11.0 Å². The normalized spacial score (nSPS) is 14.4. The van der Waals surface area contributed by atoms with Crippen LogP contribution in [0.15, 0.2) is 46.9 Å². The molecule has 5 rings (SSSR count). The Labute approximate surface area is 153 Å². The summed E-state index contributed by atoms with van der Waals surface area (Å²) in [5.74, 6) is 2.86. The van der Waals surface area contributed by atoms with E-state index in [0.29, 0.717) is 6.04 Å². The molecule has 0 bridgehead atoms. The van der Waals surface area contributed by atoms with Crippen molar-refractivity contribution >= 4 is 34.1 Å². The van der Waals surface area contributed by atoms with Gasteiger partial charge >= 0.3 is 0 Å². The maximum atomic E-state index is 4.76. The van der Waals surface area contributed by atoms with Gasteiger partial charge in [0, 0.05) is 13.1 Å². The van der Waals surface area contributed by atoms with Crippen LogP contribution in [0.4, 0.5) is 0 Å². The van der Waals surface area contributed by atoms with Crippen LogP contribution in [-0.2, 0) is 12.8 Å². The molecule has 25 heavy (non-hydrogen) atoms. The third kappa shape index (κ3) is 2.67. The van der Waals surface area contributed by atoms with Gasteiger partial charge in [-0.2, -0.15) is 0 Å². The van der Waals surface area contributed by atoms with Crippen LogP contribution in [0.1, 0.15) is 24.7 Å². The van der Waals surface area contributed by atoms with Crippen LogP contribution in [0.25, 0.3) is 21.7 Å². The van der Waals surface area contributed by atoms with Crippen LogP contribution in [0.5, 0.6) is 0 Å². The average Bonchev–Trinajstić information content (AvgIpc) is 3.06. The van der Waals surface area contributed by atoms with E-state index in [9.17, 15) is 0 Å². The number of hydrogen-bond acceptors (Lipinski definition) is 5. The lowest BCUT2D eigenvalue weighted by Gasteiger charge is -2.07. The molecule has 0 amide bonds. The van der Waals surface area contributed by atoms with Crippen molar-refractivity contribution in [3.63, 3.8) is 0 Å². The van der Waals surface area contributed by atoms with Gasteiger partial charge < -0.3 is 4.57 Å². The number of aromatic nitrogens is 5. The SMILES string of the molecule is Cn1c(CSc2nnc(-c3cccs3)n2C2CC2)nc2ccccc21. The van der Waals surface area contributed by atoms with Crippen molar-refractivity contribution in [1.29, 1.82) is 0 Å². The first-order valence-corrected chi connectivity index (χ1v) is 10.2. The molecule has 0 aliphatic heterocycles. The second kappa shape index (κ2) is 6.00. The second-order valence-corrected chi connectivity index (χ2v) is 8.14. The zero-order valence-electron chi connectivity index (χ0n) is 13.8. The molecule has 0 spiro atoms. The van der Waals surface area contributed by atoms with Gasteiger partial charge in [-0.3, -0.25) is 4.57 Å². The third-order valence-electron chi connectivity index (χ3n) is 4.53. The molecule has 1 aliphatic rings. The molecule has 0 radical (unpaired) electrons. The summed E-state index contributed by atoms with van der Waals surface area (Å²) >= 11 is 3.45. The lowest BCUT2D eigenvalue weighted by Crippen LogP contribution is -2.00. The largest absolute Gasteiger partial charge is 0.330 e. The summed E-state index contributed by atoms with van der Waals surface area (Å²) in [7, 11) is 2.08. The van der Waals surface area contributed by atoms with Crippen molar-refractivity contribution in [1.82, 2.24) is 24.3 Å². The Morgan fingerprint density at radius 2 is 2.04 bits per heavy atom. The minimum Gasteiger partial charge on any atom is -0.330 e. The fraction of sp³-hybridized carbons (Fsp3) is 0.278. The molecule has 0 N–H and O–H groups in total. The number of nitrogens with zero attached hydrogens (tertiary/aromatic N) is 5. The first kappa shape index (κ1) is 15.2. The van der Waals surface area contributed by atoms with Gasteiger partial charge in [-0.1, -0.05) is 30.0 Å². The molecule has 0 saturated heterocycles. The summed E-state index contributed by atoms with van der Waals surface area (Å²) in [5, 5.41) is 12.0. The third-order valence-corrected chi connectivity index (χ3v) is 6.33. The predicted octanol–water partition coefficient (Wildman–Crippen LogP) is 4.52. The summed E-state index contributed by atoms with van der Waals surface area (Å²) < 4.78 is 4.49. The Bertz CT molecular complexity index is 1030. The monoisotopic (exact) mass is 367 g/mol. The summed E-state index contributed by atoms with van der Waals surface area (Å²) in [6.07, 6.45) is 2.44. The molecule has 1 saturated carbocycles. The molecule has 0 atom stereocenters. The number of rotatable bonds is 5. The van der Waals surface area contributed by atoms with Gasteiger partial charge in [0.2, 0.25) is 0 Å². The highest BCUT2D eigenvalue weighted by Gasteiger charge is 2.30. The Kier molecular flexibility index (Phi) is 3.64. The quantitative estimate of drug-likeness (QED) is 0.487. The zero-order chi connectivity index (χ0) is 16.8. The molecule has 7 heteroatoms. The molecular formula is C18H17N5S2. The molecule has 4 aromatic rings. The minimum atomic E-state index is 0.551. The lowest BCUT2D eigenvalue weighted by atomic mass is 10.3. The van der Waals surface area contributed by atoms with Gasteiger partial charge in [-0.25, -0.2) is 4.98 Å². The first-order valence-electron chi connectivity index (χ1n) is 8.33. The van der Waals surface area contributed by atoms with Crippen molar-refractivity contribution < 1.29 is 0 Å². The van der Waals surface area contributed by atoms with Crippen molar-refractivity contribution in [2.24, 2.45) is 7.05 Å². The Morgan fingerprint density at radius 1 is 1.16 bits per heavy atom. The first-order chi connectivity index (χ1) is 12.3. The number of aryl methyl sites for hydroxylation is 1. The van der Waals surface area contributed by atoms with Gasteiger partial charge in [-0.15, -0.1) is 21.5 Å². The maximum Gasteiger partial charge on any atom is 0.192 e. The summed E-state index contributed by atoms with van der Waals surface area (Å²) in [4.78, 5) is 5.95. The predicted molar refractivity (Wildman–Crippen MR) is 102 cm³/mol. The average molecular weight is 368 g/mol. The standard InChI is InChI=1S/C18H17N5S2/c1-22-14-6-3-2-5-13(14)19-16(22)11-25-18-21-20-17(15-7-4-10-24-15)23(18)12-8-9-12/h2-7,10,12H,8-9,11H2,1H3. The van der Waals surface area contributed by atoms with E-state index in [0.717, 1.165) is 28.1 Å². The molecule has 1 aliphatic carbocycles. The molecule has 126 valence electrons. The number of thioether (sulfide) groups is 1. The number of para-hydroxylation sites is 2. The van der Waals surface area contributed by atoms with Gasteiger partial charge in [-0.05, 0) is 36.4 Å². The Hall–Kier alpha value is -2.12. The van der Waals surface area contributed by atoms with Gasteiger partial charge in [0.05, 0.1) is 21.7 Å². The summed E-state index contributed by atoms with van der Waals surface area (Å²) in [5.41, 5.74) is 2.21. The number of fused-ring (bicyclic) bond motifs is 1.